The summed E-state index contributed by atoms with van der Waals surface area (Å²) in [6.45, 7) is 2.03. The van der Waals surface area contributed by atoms with E-state index >= 15 is 0 Å². The maximum absolute atomic E-state index is 10.3. The first-order valence-corrected chi connectivity index (χ1v) is 5.93. The molecule has 3 atom stereocenters. The van der Waals surface area contributed by atoms with Crippen molar-refractivity contribution >= 4 is 0 Å². The Morgan fingerprint density at radius 2 is 2.07 bits per heavy atom. The van der Waals surface area contributed by atoms with Crippen molar-refractivity contribution in [3.05, 3.63) is 0 Å². The molecular formula is C12H19NO2. The SMILES string of the molecule is CC1CCC(C(O)C2(C#N)CCCC2)O1. The van der Waals surface area contributed by atoms with Crippen LogP contribution >= 0.6 is 0 Å². The van der Waals surface area contributed by atoms with Crippen LogP contribution in [0, 0.1) is 16.7 Å². The molecule has 2 aliphatic rings. The van der Waals surface area contributed by atoms with Gasteiger partial charge in [-0.3, -0.25) is 0 Å². The van der Waals surface area contributed by atoms with Crippen LogP contribution in [-0.2, 0) is 4.74 Å². The molecule has 0 aromatic heterocycles. The smallest absolute Gasteiger partial charge is 0.0987 e. The van der Waals surface area contributed by atoms with E-state index in [-0.39, 0.29) is 12.2 Å². The van der Waals surface area contributed by atoms with Gasteiger partial charge in [0.25, 0.3) is 0 Å². The highest BCUT2D eigenvalue weighted by Crippen LogP contribution is 2.43. The van der Waals surface area contributed by atoms with Crippen LogP contribution in [0.1, 0.15) is 45.4 Å². The number of hydrogen-bond donors (Lipinski definition) is 1. The lowest BCUT2D eigenvalue weighted by molar-refractivity contribution is -0.0705. The monoisotopic (exact) mass is 209 g/mol. The molecule has 1 saturated heterocycles. The number of nitrogens with zero attached hydrogens (tertiary/aromatic N) is 1. The molecule has 84 valence electrons. The molecular weight excluding hydrogens is 190 g/mol. The summed E-state index contributed by atoms with van der Waals surface area (Å²) >= 11 is 0. The molecule has 15 heavy (non-hydrogen) atoms. The van der Waals surface area contributed by atoms with Gasteiger partial charge in [-0.15, -0.1) is 0 Å². The predicted molar refractivity (Wildman–Crippen MR) is 56.1 cm³/mol. The number of hydrogen-bond acceptors (Lipinski definition) is 3. The second kappa shape index (κ2) is 4.11. The predicted octanol–water partition coefficient (Wildman–Crippen LogP) is 2.00. The Hall–Kier alpha value is -0.590. The number of aliphatic hydroxyl groups excluding tert-OH is 1. The van der Waals surface area contributed by atoms with E-state index in [2.05, 4.69) is 6.07 Å². The molecule has 0 bridgehead atoms. The van der Waals surface area contributed by atoms with Crippen molar-refractivity contribution in [3.8, 4) is 6.07 Å². The zero-order chi connectivity index (χ0) is 10.9. The lowest BCUT2D eigenvalue weighted by Gasteiger charge is -2.31. The van der Waals surface area contributed by atoms with Gasteiger partial charge in [-0.05, 0) is 32.6 Å². The van der Waals surface area contributed by atoms with E-state index in [4.69, 9.17) is 4.74 Å². The standard InChI is InChI=1S/C12H19NO2/c1-9-4-5-10(15-9)11(14)12(8-13)6-2-3-7-12/h9-11,14H,2-7H2,1H3. The quantitative estimate of drug-likeness (QED) is 0.756. The minimum absolute atomic E-state index is 0.113. The summed E-state index contributed by atoms with van der Waals surface area (Å²) in [5, 5.41) is 19.5. The average molecular weight is 209 g/mol. The van der Waals surface area contributed by atoms with E-state index in [0.29, 0.717) is 0 Å². The second-order valence-corrected chi connectivity index (χ2v) is 4.98. The lowest BCUT2D eigenvalue weighted by Crippen LogP contribution is -2.40. The summed E-state index contributed by atoms with van der Waals surface area (Å²) in [5.41, 5.74) is -0.519. The van der Waals surface area contributed by atoms with Gasteiger partial charge >= 0.3 is 0 Å². The highest BCUT2D eigenvalue weighted by Gasteiger charge is 2.46. The fraction of sp³-hybridized carbons (Fsp3) is 0.917. The van der Waals surface area contributed by atoms with Gasteiger partial charge in [0.2, 0.25) is 0 Å². The summed E-state index contributed by atoms with van der Waals surface area (Å²) in [7, 11) is 0. The van der Waals surface area contributed by atoms with Crippen LogP contribution in [0.3, 0.4) is 0 Å². The molecule has 2 fully saturated rings. The third-order valence-corrected chi connectivity index (χ3v) is 3.90. The normalized spacial score (nSPS) is 36.3. The van der Waals surface area contributed by atoms with Crippen LogP contribution in [0.15, 0.2) is 0 Å². The molecule has 3 nitrogen and oxygen atoms in total. The van der Waals surface area contributed by atoms with E-state index in [1.165, 1.54) is 0 Å². The van der Waals surface area contributed by atoms with E-state index < -0.39 is 11.5 Å². The number of nitriles is 1. The van der Waals surface area contributed by atoms with Gasteiger partial charge in [0.15, 0.2) is 0 Å². The maximum atomic E-state index is 10.3. The first-order valence-electron chi connectivity index (χ1n) is 5.93. The van der Waals surface area contributed by atoms with Crippen LogP contribution in [-0.4, -0.2) is 23.4 Å². The van der Waals surface area contributed by atoms with Crippen molar-refractivity contribution in [2.24, 2.45) is 5.41 Å². The summed E-state index contributed by atoms with van der Waals surface area (Å²) in [6, 6.07) is 2.34. The van der Waals surface area contributed by atoms with Crippen molar-refractivity contribution in [2.75, 3.05) is 0 Å². The second-order valence-electron chi connectivity index (χ2n) is 4.98. The molecule has 1 heterocycles. The van der Waals surface area contributed by atoms with Gasteiger partial charge in [-0.25, -0.2) is 0 Å². The van der Waals surface area contributed by atoms with Gasteiger partial charge in [0.1, 0.15) is 0 Å². The number of rotatable bonds is 2. The highest BCUT2D eigenvalue weighted by atomic mass is 16.5. The zero-order valence-electron chi connectivity index (χ0n) is 9.28. The van der Waals surface area contributed by atoms with Crippen LogP contribution < -0.4 is 0 Å². The van der Waals surface area contributed by atoms with E-state index in [1.807, 2.05) is 6.92 Å². The van der Waals surface area contributed by atoms with E-state index in [1.54, 1.807) is 0 Å². The summed E-state index contributed by atoms with van der Waals surface area (Å²) in [5.74, 6) is 0. The first kappa shape index (κ1) is 10.9. The van der Waals surface area contributed by atoms with Gasteiger partial charge in [-0.2, -0.15) is 5.26 Å². The Balaban J connectivity index is 2.06. The zero-order valence-corrected chi connectivity index (χ0v) is 9.28. The topological polar surface area (TPSA) is 53.2 Å². The molecule has 1 saturated carbocycles. The van der Waals surface area contributed by atoms with Crippen molar-refractivity contribution in [1.82, 2.24) is 0 Å². The van der Waals surface area contributed by atoms with Crippen LogP contribution in [0.5, 0.6) is 0 Å². The van der Waals surface area contributed by atoms with E-state index in [0.717, 1.165) is 38.5 Å². The number of aliphatic hydroxyl groups is 1. The van der Waals surface area contributed by atoms with Crippen molar-refractivity contribution in [2.45, 2.75) is 63.8 Å². The fourth-order valence-electron chi connectivity index (χ4n) is 2.90. The molecule has 0 aromatic rings. The van der Waals surface area contributed by atoms with Crippen LogP contribution in [0.25, 0.3) is 0 Å². The fourth-order valence-corrected chi connectivity index (χ4v) is 2.90. The van der Waals surface area contributed by atoms with Crippen molar-refractivity contribution < 1.29 is 9.84 Å². The third-order valence-electron chi connectivity index (χ3n) is 3.90. The Bertz CT molecular complexity index is 265. The Morgan fingerprint density at radius 3 is 2.53 bits per heavy atom. The maximum Gasteiger partial charge on any atom is 0.0987 e. The van der Waals surface area contributed by atoms with Crippen LogP contribution in [0.2, 0.25) is 0 Å². The molecule has 3 unspecified atom stereocenters. The molecule has 0 aromatic carbocycles. The molecule has 2 rings (SSSR count). The van der Waals surface area contributed by atoms with E-state index in [9.17, 15) is 10.4 Å². The Labute approximate surface area is 91.0 Å². The lowest BCUT2D eigenvalue weighted by atomic mass is 9.79. The summed E-state index contributed by atoms with van der Waals surface area (Å²) in [6.07, 6.45) is 5.22. The average Bonchev–Trinajstić information content (AvgIpc) is 2.86. The highest BCUT2D eigenvalue weighted by molar-refractivity contribution is 5.08. The Kier molecular flexibility index (Phi) is 2.99. The Morgan fingerprint density at radius 1 is 1.40 bits per heavy atom. The largest absolute Gasteiger partial charge is 0.389 e. The van der Waals surface area contributed by atoms with Crippen molar-refractivity contribution in [1.29, 1.82) is 5.26 Å². The number of ether oxygens (including phenoxy) is 1. The summed E-state index contributed by atoms with van der Waals surface area (Å²) in [4.78, 5) is 0. The molecule has 0 spiro atoms. The minimum Gasteiger partial charge on any atom is -0.389 e. The van der Waals surface area contributed by atoms with Crippen LogP contribution in [0.4, 0.5) is 0 Å². The van der Waals surface area contributed by atoms with Gasteiger partial charge < -0.3 is 9.84 Å². The van der Waals surface area contributed by atoms with Crippen molar-refractivity contribution in [3.63, 3.8) is 0 Å². The van der Waals surface area contributed by atoms with Gasteiger partial charge in [-0.1, -0.05) is 12.8 Å². The van der Waals surface area contributed by atoms with Gasteiger partial charge in [0.05, 0.1) is 29.8 Å². The molecule has 3 heteroatoms. The van der Waals surface area contributed by atoms with Gasteiger partial charge in [0, 0.05) is 0 Å². The molecule has 1 aliphatic heterocycles. The molecule has 1 aliphatic carbocycles. The first-order chi connectivity index (χ1) is 7.18. The summed E-state index contributed by atoms with van der Waals surface area (Å²) < 4.78 is 5.66. The molecule has 0 amide bonds. The minimum atomic E-state index is -0.588. The molecule has 0 radical (unpaired) electrons. The third kappa shape index (κ3) is 1.89. The molecule has 1 N–H and O–H groups in total.